The molecule has 0 saturated heterocycles. The molecule has 0 aliphatic carbocycles. The average molecular weight is 348 g/mol. The summed E-state index contributed by atoms with van der Waals surface area (Å²) < 4.78 is 5.47. The van der Waals surface area contributed by atoms with Crippen molar-refractivity contribution in [3.05, 3.63) is 53.6 Å². The highest BCUT2D eigenvalue weighted by Crippen LogP contribution is 2.25. The molecule has 0 fully saturated rings. The van der Waals surface area contributed by atoms with Crippen LogP contribution in [0.25, 0.3) is 0 Å². The van der Waals surface area contributed by atoms with Crippen LogP contribution >= 0.6 is 11.6 Å². The Kier molecular flexibility index (Phi) is 6.45. The van der Waals surface area contributed by atoms with E-state index < -0.39 is 0 Å². The Morgan fingerprint density at radius 2 is 1.83 bits per heavy atom. The Morgan fingerprint density at radius 1 is 1.08 bits per heavy atom. The molecule has 126 valence electrons. The predicted octanol–water partition coefficient (Wildman–Crippen LogP) is 3.50. The van der Waals surface area contributed by atoms with E-state index in [9.17, 15) is 9.59 Å². The number of ether oxygens (including phenoxy) is 1. The third-order valence-electron chi connectivity index (χ3n) is 2.94. The van der Waals surface area contributed by atoms with Gasteiger partial charge in [0.2, 0.25) is 5.91 Å². The van der Waals surface area contributed by atoms with Crippen LogP contribution in [0.1, 0.15) is 6.92 Å². The van der Waals surface area contributed by atoms with Crippen LogP contribution in [0.5, 0.6) is 5.75 Å². The van der Waals surface area contributed by atoms with Crippen molar-refractivity contribution in [1.29, 1.82) is 0 Å². The molecule has 0 radical (unpaired) electrons. The summed E-state index contributed by atoms with van der Waals surface area (Å²) in [5, 5.41) is 8.26. The highest BCUT2D eigenvalue weighted by Gasteiger charge is 2.07. The second-order valence-electron chi connectivity index (χ2n) is 4.92. The van der Waals surface area contributed by atoms with Gasteiger partial charge in [0.15, 0.2) is 0 Å². The smallest absolute Gasteiger partial charge is 0.319 e. The number of benzene rings is 2. The van der Waals surface area contributed by atoms with Crippen molar-refractivity contribution in [2.45, 2.75) is 6.92 Å². The molecule has 6 nitrogen and oxygen atoms in total. The molecule has 0 spiro atoms. The van der Waals surface area contributed by atoms with Crippen molar-refractivity contribution < 1.29 is 14.3 Å². The quantitative estimate of drug-likeness (QED) is 0.700. The van der Waals surface area contributed by atoms with E-state index in [-0.39, 0.29) is 11.9 Å². The number of nitrogens with one attached hydrogen (secondary N) is 3. The molecule has 0 aromatic heterocycles. The van der Waals surface area contributed by atoms with Gasteiger partial charge in [-0.15, -0.1) is 0 Å². The molecule has 0 saturated carbocycles. The first kappa shape index (κ1) is 17.6. The SMILES string of the molecule is CC(=O)Nc1ccc(NC(=O)NCCOc2ccccc2)c(Cl)c1. The van der Waals surface area contributed by atoms with Crippen LogP contribution in [-0.2, 0) is 4.79 Å². The summed E-state index contributed by atoms with van der Waals surface area (Å²) >= 11 is 6.08. The molecule has 24 heavy (non-hydrogen) atoms. The van der Waals surface area contributed by atoms with Crippen LogP contribution in [0.4, 0.5) is 16.2 Å². The summed E-state index contributed by atoms with van der Waals surface area (Å²) in [5.74, 6) is 0.555. The fourth-order valence-corrected chi connectivity index (χ4v) is 2.14. The van der Waals surface area contributed by atoms with Gasteiger partial charge in [0, 0.05) is 12.6 Å². The van der Waals surface area contributed by atoms with Gasteiger partial charge < -0.3 is 20.7 Å². The fourth-order valence-electron chi connectivity index (χ4n) is 1.91. The second-order valence-corrected chi connectivity index (χ2v) is 5.33. The van der Waals surface area contributed by atoms with Crippen LogP contribution in [-0.4, -0.2) is 25.1 Å². The van der Waals surface area contributed by atoms with Crippen molar-refractivity contribution in [2.24, 2.45) is 0 Å². The minimum Gasteiger partial charge on any atom is -0.492 e. The zero-order chi connectivity index (χ0) is 17.4. The van der Waals surface area contributed by atoms with Gasteiger partial charge in [-0.3, -0.25) is 4.79 Å². The maximum atomic E-state index is 11.8. The van der Waals surface area contributed by atoms with E-state index in [2.05, 4.69) is 16.0 Å². The maximum absolute atomic E-state index is 11.8. The van der Waals surface area contributed by atoms with Crippen LogP contribution in [0.3, 0.4) is 0 Å². The number of rotatable bonds is 6. The highest BCUT2D eigenvalue weighted by atomic mass is 35.5. The first-order valence-electron chi connectivity index (χ1n) is 7.34. The van der Waals surface area contributed by atoms with Gasteiger partial charge in [-0.05, 0) is 30.3 Å². The van der Waals surface area contributed by atoms with Crippen molar-refractivity contribution in [3.63, 3.8) is 0 Å². The van der Waals surface area contributed by atoms with Crippen LogP contribution in [0.15, 0.2) is 48.5 Å². The summed E-state index contributed by atoms with van der Waals surface area (Å²) in [6.07, 6.45) is 0. The number of amides is 3. The molecule has 0 unspecified atom stereocenters. The van der Waals surface area contributed by atoms with Gasteiger partial charge in [0.1, 0.15) is 12.4 Å². The van der Waals surface area contributed by atoms with Crippen molar-refractivity contribution in [2.75, 3.05) is 23.8 Å². The van der Waals surface area contributed by atoms with Gasteiger partial charge in [-0.25, -0.2) is 4.79 Å². The second kappa shape index (κ2) is 8.79. The number of para-hydroxylation sites is 1. The average Bonchev–Trinajstić information content (AvgIpc) is 2.55. The van der Waals surface area contributed by atoms with E-state index in [0.717, 1.165) is 5.75 Å². The molecule has 0 aliphatic rings. The van der Waals surface area contributed by atoms with Gasteiger partial charge in [0.05, 0.1) is 17.3 Å². The molecule has 0 aliphatic heterocycles. The van der Waals surface area contributed by atoms with Gasteiger partial charge in [-0.2, -0.15) is 0 Å². The van der Waals surface area contributed by atoms with E-state index in [1.54, 1.807) is 18.2 Å². The molecule has 3 N–H and O–H groups in total. The number of carbonyl (C=O) groups is 2. The molecule has 3 amide bonds. The zero-order valence-corrected chi connectivity index (χ0v) is 13.9. The minimum absolute atomic E-state index is 0.192. The van der Waals surface area contributed by atoms with Crippen LogP contribution < -0.4 is 20.7 Å². The molecule has 2 aromatic carbocycles. The number of hydrogen-bond donors (Lipinski definition) is 3. The Hall–Kier alpha value is -2.73. The third kappa shape index (κ3) is 5.81. The normalized spacial score (nSPS) is 9.92. The molecule has 0 heterocycles. The van der Waals surface area contributed by atoms with Gasteiger partial charge in [0.25, 0.3) is 0 Å². The lowest BCUT2D eigenvalue weighted by Crippen LogP contribution is -2.32. The Bertz CT molecular complexity index is 707. The standard InChI is InChI=1S/C17H18ClN3O3/c1-12(22)20-13-7-8-16(15(18)11-13)21-17(23)19-9-10-24-14-5-3-2-4-6-14/h2-8,11H,9-10H2,1H3,(H,20,22)(H2,19,21,23). The Balaban J connectivity index is 1.76. The maximum Gasteiger partial charge on any atom is 0.319 e. The fraction of sp³-hybridized carbons (Fsp3) is 0.176. The molecule has 2 rings (SSSR count). The van der Waals surface area contributed by atoms with E-state index in [1.165, 1.54) is 6.92 Å². The van der Waals surface area contributed by atoms with Crippen molar-refractivity contribution in [3.8, 4) is 5.75 Å². The monoisotopic (exact) mass is 347 g/mol. The molecular formula is C17H18ClN3O3. The lowest BCUT2D eigenvalue weighted by atomic mass is 10.2. The zero-order valence-electron chi connectivity index (χ0n) is 13.1. The Morgan fingerprint density at radius 3 is 2.50 bits per heavy atom. The van der Waals surface area contributed by atoms with E-state index in [0.29, 0.717) is 29.5 Å². The number of urea groups is 1. The summed E-state index contributed by atoms with van der Waals surface area (Å²) in [4.78, 5) is 22.8. The molecule has 2 aromatic rings. The summed E-state index contributed by atoms with van der Waals surface area (Å²) in [6.45, 7) is 2.11. The van der Waals surface area contributed by atoms with Crippen molar-refractivity contribution in [1.82, 2.24) is 5.32 Å². The van der Waals surface area contributed by atoms with Crippen molar-refractivity contribution >= 4 is 34.9 Å². The van der Waals surface area contributed by atoms with Crippen LogP contribution in [0, 0.1) is 0 Å². The molecule has 7 heteroatoms. The predicted molar refractivity (Wildman–Crippen MR) is 94.7 cm³/mol. The summed E-state index contributed by atoms with van der Waals surface area (Å²) in [7, 11) is 0. The molecule has 0 bridgehead atoms. The topological polar surface area (TPSA) is 79.5 Å². The van der Waals surface area contributed by atoms with E-state index in [4.69, 9.17) is 16.3 Å². The Labute approximate surface area is 145 Å². The van der Waals surface area contributed by atoms with Gasteiger partial charge in [-0.1, -0.05) is 29.8 Å². The number of halogens is 1. The van der Waals surface area contributed by atoms with Gasteiger partial charge >= 0.3 is 6.03 Å². The lowest BCUT2D eigenvalue weighted by molar-refractivity contribution is -0.114. The minimum atomic E-state index is -0.388. The summed E-state index contributed by atoms with van der Waals surface area (Å²) in [5.41, 5.74) is 1.02. The number of anilines is 2. The summed E-state index contributed by atoms with van der Waals surface area (Å²) in [6, 6.07) is 13.8. The number of hydrogen-bond acceptors (Lipinski definition) is 3. The number of carbonyl (C=O) groups excluding carboxylic acids is 2. The van der Waals surface area contributed by atoms with E-state index >= 15 is 0 Å². The first-order chi connectivity index (χ1) is 11.5. The third-order valence-corrected chi connectivity index (χ3v) is 3.25. The van der Waals surface area contributed by atoms with E-state index in [1.807, 2.05) is 30.3 Å². The first-order valence-corrected chi connectivity index (χ1v) is 7.72. The van der Waals surface area contributed by atoms with Crippen LogP contribution in [0.2, 0.25) is 5.02 Å². The molecular weight excluding hydrogens is 330 g/mol. The highest BCUT2D eigenvalue weighted by molar-refractivity contribution is 6.34. The molecule has 0 atom stereocenters. The largest absolute Gasteiger partial charge is 0.492 e. The lowest BCUT2D eigenvalue weighted by Gasteiger charge is -2.11.